The van der Waals surface area contributed by atoms with Crippen LogP contribution in [0.5, 0.6) is 0 Å². The molecule has 0 aromatic heterocycles. The summed E-state index contributed by atoms with van der Waals surface area (Å²) in [6, 6.07) is 0. The Morgan fingerprint density at radius 1 is 1.56 bits per heavy atom. The van der Waals surface area contributed by atoms with Crippen molar-refractivity contribution in [2.75, 3.05) is 6.61 Å². The maximum absolute atomic E-state index is 11.4. The van der Waals surface area contributed by atoms with Gasteiger partial charge in [-0.15, -0.1) is 11.8 Å². The SMILES string of the molecule is CC(=O)NC1S[C@@H]2CC(=O)N2C=C1COC(C)=O. The highest BCUT2D eigenvalue weighted by Crippen LogP contribution is 2.39. The molecule has 2 aliphatic heterocycles. The van der Waals surface area contributed by atoms with Gasteiger partial charge in [-0.05, 0) is 0 Å². The minimum atomic E-state index is -0.389. The molecule has 1 N–H and O–H groups in total. The average Bonchev–Trinajstić information content (AvgIpc) is 2.26. The molecule has 2 heterocycles. The summed E-state index contributed by atoms with van der Waals surface area (Å²) in [5.74, 6) is -0.492. The Balaban J connectivity index is 2.09. The molecule has 1 saturated heterocycles. The second kappa shape index (κ2) is 5.01. The van der Waals surface area contributed by atoms with E-state index in [9.17, 15) is 14.4 Å². The quantitative estimate of drug-likeness (QED) is 0.585. The summed E-state index contributed by atoms with van der Waals surface area (Å²) in [6.45, 7) is 2.84. The number of esters is 1. The number of rotatable bonds is 3. The van der Waals surface area contributed by atoms with E-state index in [-0.39, 0.29) is 35.1 Å². The fourth-order valence-corrected chi connectivity index (χ4v) is 3.17. The molecule has 0 radical (unpaired) electrons. The number of carbonyl (C=O) groups is 3. The zero-order valence-electron chi connectivity index (χ0n) is 10.1. The lowest BCUT2D eigenvalue weighted by atomic mass is 10.1. The predicted octanol–water partition coefficient (Wildman–Crippen LogP) is 0.201. The maximum atomic E-state index is 11.4. The monoisotopic (exact) mass is 270 g/mol. The first-order valence-corrected chi connectivity index (χ1v) is 6.49. The van der Waals surface area contributed by atoms with Crippen molar-refractivity contribution < 1.29 is 19.1 Å². The second-order valence-electron chi connectivity index (χ2n) is 4.16. The fourth-order valence-electron chi connectivity index (χ4n) is 1.77. The van der Waals surface area contributed by atoms with Crippen molar-refractivity contribution in [1.82, 2.24) is 10.2 Å². The largest absolute Gasteiger partial charge is 0.461 e. The van der Waals surface area contributed by atoms with Gasteiger partial charge in [-0.2, -0.15) is 0 Å². The molecule has 98 valence electrons. The van der Waals surface area contributed by atoms with Crippen LogP contribution in [0, 0.1) is 0 Å². The number of carbonyl (C=O) groups excluding carboxylic acids is 3. The van der Waals surface area contributed by atoms with Crippen molar-refractivity contribution in [3.05, 3.63) is 11.8 Å². The van der Waals surface area contributed by atoms with E-state index in [4.69, 9.17) is 4.74 Å². The number of nitrogens with one attached hydrogen (secondary N) is 1. The molecule has 0 spiro atoms. The van der Waals surface area contributed by atoms with Gasteiger partial charge in [-0.3, -0.25) is 14.4 Å². The zero-order chi connectivity index (χ0) is 13.3. The highest BCUT2D eigenvalue weighted by molar-refractivity contribution is 8.00. The maximum Gasteiger partial charge on any atom is 0.302 e. The molecular weight excluding hydrogens is 256 g/mol. The Labute approximate surface area is 109 Å². The van der Waals surface area contributed by atoms with Gasteiger partial charge in [-0.25, -0.2) is 0 Å². The molecule has 7 heteroatoms. The molecule has 2 rings (SSSR count). The summed E-state index contributed by atoms with van der Waals surface area (Å²) in [7, 11) is 0. The van der Waals surface area contributed by atoms with Crippen molar-refractivity contribution in [1.29, 1.82) is 0 Å². The van der Waals surface area contributed by atoms with Crippen LogP contribution < -0.4 is 5.32 Å². The van der Waals surface area contributed by atoms with E-state index in [0.29, 0.717) is 6.42 Å². The first kappa shape index (κ1) is 12.9. The average molecular weight is 270 g/mol. The lowest BCUT2D eigenvalue weighted by Crippen LogP contribution is -2.53. The molecule has 0 aromatic rings. The fraction of sp³-hybridized carbons (Fsp3) is 0.545. The molecule has 2 amide bonds. The molecule has 2 aliphatic rings. The molecule has 2 atom stereocenters. The van der Waals surface area contributed by atoms with Gasteiger partial charge >= 0.3 is 5.97 Å². The summed E-state index contributed by atoms with van der Waals surface area (Å²) in [4.78, 5) is 34.9. The van der Waals surface area contributed by atoms with Gasteiger partial charge in [0.25, 0.3) is 0 Å². The third kappa shape index (κ3) is 2.66. The Morgan fingerprint density at radius 2 is 2.28 bits per heavy atom. The number of nitrogens with zero attached hydrogens (tertiary/aromatic N) is 1. The van der Waals surface area contributed by atoms with Gasteiger partial charge in [0.1, 0.15) is 12.0 Å². The van der Waals surface area contributed by atoms with Crippen molar-refractivity contribution in [3.8, 4) is 0 Å². The summed E-state index contributed by atoms with van der Waals surface area (Å²) >= 11 is 1.49. The molecule has 0 aromatic carbocycles. The predicted molar refractivity (Wildman–Crippen MR) is 65.2 cm³/mol. The summed E-state index contributed by atoms with van der Waals surface area (Å²) in [5.41, 5.74) is 0.717. The Kier molecular flexibility index (Phi) is 3.60. The van der Waals surface area contributed by atoms with Crippen LogP contribution in [0.2, 0.25) is 0 Å². The molecular formula is C11H14N2O4S. The third-order valence-corrected chi connectivity index (χ3v) is 4.06. The van der Waals surface area contributed by atoms with E-state index in [1.165, 1.54) is 25.6 Å². The smallest absolute Gasteiger partial charge is 0.302 e. The van der Waals surface area contributed by atoms with Crippen LogP contribution in [0.3, 0.4) is 0 Å². The van der Waals surface area contributed by atoms with Crippen molar-refractivity contribution in [2.24, 2.45) is 0 Å². The minimum absolute atomic E-state index is 0.0501. The third-order valence-electron chi connectivity index (χ3n) is 2.66. The number of hydrogen-bond donors (Lipinski definition) is 1. The molecule has 0 bridgehead atoms. The highest BCUT2D eigenvalue weighted by atomic mass is 32.2. The molecule has 6 nitrogen and oxygen atoms in total. The highest BCUT2D eigenvalue weighted by Gasteiger charge is 2.41. The van der Waals surface area contributed by atoms with Gasteiger partial charge in [0.2, 0.25) is 11.8 Å². The summed E-state index contributed by atoms with van der Waals surface area (Å²) in [6.07, 6.45) is 2.16. The molecule has 1 unspecified atom stereocenters. The van der Waals surface area contributed by atoms with E-state index in [1.807, 2.05) is 0 Å². The topological polar surface area (TPSA) is 75.7 Å². The number of β-lactam (4-membered cyclic amide) rings is 1. The van der Waals surface area contributed by atoms with Crippen molar-refractivity contribution in [2.45, 2.75) is 31.0 Å². The van der Waals surface area contributed by atoms with Crippen LogP contribution in [0.25, 0.3) is 0 Å². The number of amides is 2. The van der Waals surface area contributed by atoms with E-state index in [2.05, 4.69) is 5.32 Å². The Bertz CT molecular complexity index is 435. The van der Waals surface area contributed by atoms with Gasteiger partial charge < -0.3 is 15.0 Å². The number of fused-ring (bicyclic) bond motifs is 1. The van der Waals surface area contributed by atoms with E-state index < -0.39 is 0 Å². The van der Waals surface area contributed by atoms with Gasteiger partial charge in [-0.1, -0.05) is 0 Å². The normalized spacial score (nSPS) is 25.8. The van der Waals surface area contributed by atoms with Gasteiger partial charge in [0, 0.05) is 25.6 Å². The Hall–Kier alpha value is -1.50. The van der Waals surface area contributed by atoms with Gasteiger partial charge in [0.15, 0.2) is 0 Å². The number of hydrogen-bond acceptors (Lipinski definition) is 5. The number of ether oxygens (including phenoxy) is 1. The van der Waals surface area contributed by atoms with E-state index in [0.717, 1.165) is 5.57 Å². The van der Waals surface area contributed by atoms with Crippen LogP contribution in [0.1, 0.15) is 20.3 Å². The summed E-state index contributed by atoms with van der Waals surface area (Å²) in [5, 5.41) is 2.62. The molecule has 0 saturated carbocycles. The lowest BCUT2D eigenvalue weighted by molar-refractivity contribution is -0.140. The van der Waals surface area contributed by atoms with Crippen LogP contribution in [0.4, 0.5) is 0 Å². The zero-order valence-corrected chi connectivity index (χ0v) is 11.0. The van der Waals surface area contributed by atoms with E-state index >= 15 is 0 Å². The summed E-state index contributed by atoms with van der Waals surface area (Å²) < 4.78 is 4.93. The van der Waals surface area contributed by atoms with Crippen molar-refractivity contribution in [3.63, 3.8) is 0 Å². The van der Waals surface area contributed by atoms with Crippen LogP contribution in [-0.2, 0) is 19.1 Å². The Morgan fingerprint density at radius 3 is 2.83 bits per heavy atom. The molecule has 0 aliphatic carbocycles. The first-order valence-electron chi connectivity index (χ1n) is 5.55. The standard InChI is InChI=1S/C11H14N2O4S/c1-6(14)12-11-8(5-17-7(2)15)4-13-9(16)3-10(13)18-11/h4,10-11H,3,5H2,1-2H3,(H,12,14)/t10-,11?/m1/s1. The number of thioether (sulfide) groups is 1. The lowest BCUT2D eigenvalue weighted by Gasteiger charge is -2.43. The van der Waals surface area contributed by atoms with Crippen LogP contribution in [0.15, 0.2) is 11.8 Å². The first-order chi connectivity index (χ1) is 8.47. The van der Waals surface area contributed by atoms with Crippen molar-refractivity contribution >= 4 is 29.5 Å². The van der Waals surface area contributed by atoms with Crippen LogP contribution >= 0.6 is 11.8 Å². The molecule has 18 heavy (non-hydrogen) atoms. The minimum Gasteiger partial charge on any atom is -0.461 e. The second-order valence-corrected chi connectivity index (χ2v) is 5.45. The van der Waals surface area contributed by atoms with E-state index in [1.54, 1.807) is 11.1 Å². The van der Waals surface area contributed by atoms with Crippen LogP contribution in [-0.4, -0.2) is 40.0 Å². The van der Waals surface area contributed by atoms with Gasteiger partial charge in [0.05, 0.1) is 11.8 Å². The molecule has 1 fully saturated rings.